The van der Waals surface area contributed by atoms with Crippen LogP contribution in [-0.4, -0.2) is 26.0 Å². The number of hydrogen-bond donors (Lipinski definition) is 1. The minimum absolute atomic E-state index is 0.102. The Kier molecular flexibility index (Phi) is 3.58. The summed E-state index contributed by atoms with van der Waals surface area (Å²) >= 11 is 6.00. The van der Waals surface area contributed by atoms with Crippen molar-refractivity contribution < 1.29 is 8.42 Å². The Morgan fingerprint density at radius 3 is 2.89 bits per heavy atom. The van der Waals surface area contributed by atoms with Crippen molar-refractivity contribution in [1.29, 1.82) is 0 Å². The molecule has 1 heterocycles. The first kappa shape index (κ1) is 13.4. The molecule has 0 spiro atoms. The maximum atomic E-state index is 11.7. The van der Waals surface area contributed by atoms with Crippen molar-refractivity contribution in [2.45, 2.75) is 37.8 Å². The molecule has 1 aliphatic carbocycles. The fourth-order valence-corrected chi connectivity index (χ4v) is 5.04. The molecule has 0 aromatic heterocycles. The number of rotatable bonds is 2. The van der Waals surface area contributed by atoms with E-state index in [2.05, 4.69) is 11.4 Å². The van der Waals surface area contributed by atoms with Gasteiger partial charge in [0, 0.05) is 17.1 Å². The fraction of sp³-hybridized carbons (Fsp3) is 0.571. The zero-order valence-electron chi connectivity index (χ0n) is 10.7. The van der Waals surface area contributed by atoms with E-state index >= 15 is 0 Å². The van der Waals surface area contributed by atoms with Gasteiger partial charge in [-0.2, -0.15) is 0 Å². The van der Waals surface area contributed by atoms with E-state index in [-0.39, 0.29) is 17.8 Å². The highest BCUT2D eigenvalue weighted by atomic mass is 35.5. The molecule has 1 saturated heterocycles. The molecule has 2 aliphatic rings. The fourth-order valence-electron chi connectivity index (χ4n) is 3.20. The second-order valence-electron chi connectivity index (χ2n) is 5.55. The Labute approximate surface area is 119 Å². The van der Waals surface area contributed by atoms with E-state index in [1.807, 2.05) is 12.1 Å². The van der Waals surface area contributed by atoms with Gasteiger partial charge in [0.05, 0.1) is 11.5 Å². The Morgan fingerprint density at radius 2 is 2.11 bits per heavy atom. The molecule has 5 heteroatoms. The molecule has 1 aliphatic heterocycles. The summed E-state index contributed by atoms with van der Waals surface area (Å²) in [6, 6.07) is 6.39. The highest BCUT2D eigenvalue weighted by molar-refractivity contribution is 7.91. The molecular formula is C14H18ClNO2S. The Bertz CT molecular complexity index is 585. The van der Waals surface area contributed by atoms with Crippen LogP contribution in [0.1, 0.15) is 36.4 Å². The van der Waals surface area contributed by atoms with E-state index in [0.29, 0.717) is 5.75 Å². The van der Waals surface area contributed by atoms with E-state index < -0.39 is 9.84 Å². The van der Waals surface area contributed by atoms with Crippen molar-refractivity contribution in [3.05, 3.63) is 34.3 Å². The van der Waals surface area contributed by atoms with Crippen molar-refractivity contribution in [1.82, 2.24) is 5.32 Å². The number of nitrogens with one attached hydrogen (secondary N) is 1. The molecule has 2 atom stereocenters. The van der Waals surface area contributed by atoms with Gasteiger partial charge in [0.2, 0.25) is 0 Å². The summed E-state index contributed by atoms with van der Waals surface area (Å²) in [5.74, 6) is 0.633. The number of benzene rings is 1. The number of fused-ring (bicyclic) bond motifs is 1. The largest absolute Gasteiger partial charge is 0.306 e. The van der Waals surface area contributed by atoms with Crippen LogP contribution in [0.25, 0.3) is 0 Å². The van der Waals surface area contributed by atoms with Crippen LogP contribution in [-0.2, 0) is 16.3 Å². The lowest BCUT2D eigenvalue weighted by Crippen LogP contribution is -2.41. The summed E-state index contributed by atoms with van der Waals surface area (Å²) < 4.78 is 23.3. The molecule has 0 amide bonds. The third kappa shape index (κ3) is 2.96. The van der Waals surface area contributed by atoms with Gasteiger partial charge in [-0.25, -0.2) is 8.42 Å². The standard InChI is InChI=1S/C14H18ClNO2S/c15-11-4-5-13-10(8-11)3-6-14(13)16-12-2-1-7-19(17,18)9-12/h4-5,8,12,14,16H,1-3,6-7,9H2. The molecule has 0 radical (unpaired) electrons. The SMILES string of the molecule is O=S1(=O)CCCC(NC2CCc3cc(Cl)ccc32)C1. The first-order chi connectivity index (χ1) is 9.03. The topological polar surface area (TPSA) is 46.2 Å². The summed E-state index contributed by atoms with van der Waals surface area (Å²) in [6.45, 7) is 0. The maximum Gasteiger partial charge on any atom is 0.151 e. The average molecular weight is 300 g/mol. The molecule has 1 aromatic rings. The lowest BCUT2D eigenvalue weighted by molar-refractivity contribution is 0.419. The van der Waals surface area contributed by atoms with Crippen LogP contribution in [0, 0.1) is 0 Å². The molecular weight excluding hydrogens is 282 g/mol. The molecule has 19 heavy (non-hydrogen) atoms. The predicted molar refractivity (Wildman–Crippen MR) is 77.3 cm³/mol. The van der Waals surface area contributed by atoms with Crippen LogP contribution in [0.3, 0.4) is 0 Å². The summed E-state index contributed by atoms with van der Waals surface area (Å²) in [5, 5.41) is 4.30. The van der Waals surface area contributed by atoms with Gasteiger partial charge < -0.3 is 5.32 Å². The molecule has 0 bridgehead atoms. The van der Waals surface area contributed by atoms with Crippen LogP contribution < -0.4 is 5.32 Å². The quantitative estimate of drug-likeness (QED) is 0.912. The van der Waals surface area contributed by atoms with E-state index in [1.54, 1.807) is 0 Å². The average Bonchev–Trinajstić information content (AvgIpc) is 2.70. The van der Waals surface area contributed by atoms with Gasteiger partial charge in [0.25, 0.3) is 0 Å². The Balaban J connectivity index is 1.73. The van der Waals surface area contributed by atoms with Crippen LogP contribution in [0.4, 0.5) is 0 Å². The minimum atomic E-state index is -2.84. The number of aryl methyl sites for hydroxylation is 1. The zero-order valence-corrected chi connectivity index (χ0v) is 12.3. The van der Waals surface area contributed by atoms with Crippen molar-refractivity contribution >= 4 is 21.4 Å². The van der Waals surface area contributed by atoms with Crippen LogP contribution in [0.15, 0.2) is 18.2 Å². The van der Waals surface area contributed by atoms with Crippen LogP contribution in [0.2, 0.25) is 5.02 Å². The normalized spacial score (nSPS) is 29.1. The van der Waals surface area contributed by atoms with Gasteiger partial charge in [0.15, 0.2) is 9.84 Å². The van der Waals surface area contributed by atoms with E-state index in [9.17, 15) is 8.42 Å². The summed E-state index contributed by atoms with van der Waals surface area (Å²) in [7, 11) is -2.84. The molecule has 3 nitrogen and oxygen atoms in total. The van der Waals surface area contributed by atoms with Gasteiger partial charge in [-0.05, 0) is 48.9 Å². The third-order valence-corrected chi connectivity index (χ3v) is 6.14. The van der Waals surface area contributed by atoms with Crippen molar-refractivity contribution in [2.24, 2.45) is 0 Å². The predicted octanol–water partition coefficient (Wildman–Crippen LogP) is 2.49. The summed E-state index contributed by atoms with van der Waals surface area (Å²) in [5.41, 5.74) is 2.58. The second-order valence-corrected chi connectivity index (χ2v) is 8.22. The lowest BCUT2D eigenvalue weighted by atomic mass is 10.1. The van der Waals surface area contributed by atoms with Crippen LogP contribution >= 0.6 is 11.6 Å². The lowest BCUT2D eigenvalue weighted by Gasteiger charge is -2.27. The number of halogens is 1. The van der Waals surface area contributed by atoms with Crippen molar-refractivity contribution in [3.8, 4) is 0 Å². The zero-order chi connectivity index (χ0) is 13.5. The van der Waals surface area contributed by atoms with Gasteiger partial charge in [-0.1, -0.05) is 17.7 Å². The number of hydrogen-bond acceptors (Lipinski definition) is 3. The van der Waals surface area contributed by atoms with E-state index in [0.717, 1.165) is 30.7 Å². The Morgan fingerprint density at radius 1 is 1.26 bits per heavy atom. The Hall–Kier alpha value is -0.580. The van der Waals surface area contributed by atoms with Crippen molar-refractivity contribution in [2.75, 3.05) is 11.5 Å². The highest BCUT2D eigenvalue weighted by Gasteiger charge is 2.29. The van der Waals surface area contributed by atoms with E-state index in [4.69, 9.17) is 11.6 Å². The molecule has 1 aromatic carbocycles. The summed E-state index contributed by atoms with van der Waals surface area (Å²) in [6.07, 6.45) is 3.79. The van der Waals surface area contributed by atoms with Gasteiger partial charge >= 0.3 is 0 Å². The number of sulfone groups is 1. The van der Waals surface area contributed by atoms with Gasteiger partial charge in [-0.3, -0.25) is 0 Å². The molecule has 1 N–H and O–H groups in total. The third-order valence-electron chi connectivity index (χ3n) is 4.08. The minimum Gasteiger partial charge on any atom is -0.306 e. The molecule has 104 valence electrons. The smallest absolute Gasteiger partial charge is 0.151 e. The van der Waals surface area contributed by atoms with Gasteiger partial charge in [-0.15, -0.1) is 0 Å². The first-order valence-electron chi connectivity index (χ1n) is 6.78. The monoisotopic (exact) mass is 299 g/mol. The highest BCUT2D eigenvalue weighted by Crippen LogP contribution is 2.33. The molecule has 3 rings (SSSR count). The first-order valence-corrected chi connectivity index (χ1v) is 8.98. The van der Waals surface area contributed by atoms with Crippen LogP contribution in [0.5, 0.6) is 0 Å². The molecule has 1 fully saturated rings. The summed E-state index contributed by atoms with van der Waals surface area (Å²) in [4.78, 5) is 0. The van der Waals surface area contributed by atoms with Gasteiger partial charge in [0.1, 0.15) is 0 Å². The van der Waals surface area contributed by atoms with E-state index in [1.165, 1.54) is 11.1 Å². The molecule has 0 saturated carbocycles. The second kappa shape index (κ2) is 5.08. The maximum absolute atomic E-state index is 11.7. The van der Waals surface area contributed by atoms with Crippen molar-refractivity contribution in [3.63, 3.8) is 0 Å². The molecule has 2 unspecified atom stereocenters.